The standard InChI is InChI=1S/C15H15F2NS/c1-10-3-2-4-12(7-10)19-9-15(18)11-5-6-13(16)14(17)8-11/h2-8,15H,9,18H2,1H3. The average Bonchev–Trinajstić information content (AvgIpc) is 2.39. The molecule has 1 nitrogen and oxygen atoms in total. The van der Waals surface area contributed by atoms with E-state index in [-0.39, 0.29) is 6.04 Å². The minimum absolute atomic E-state index is 0.319. The predicted molar refractivity (Wildman–Crippen MR) is 75.2 cm³/mol. The summed E-state index contributed by atoms with van der Waals surface area (Å²) in [4.78, 5) is 1.12. The molecule has 2 aromatic rings. The number of hydrogen-bond donors (Lipinski definition) is 1. The van der Waals surface area contributed by atoms with Gasteiger partial charge in [0.25, 0.3) is 0 Å². The highest BCUT2D eigenvalue weighted by Crippen LogP contribution is 2.24. The second-order valence-electron chi connectivity index (χ2n) is 4.41. The zero-order valence-electron chi connectivity index (χ0n) is 10.6. The average molecular weight is 279 g/mol. The maximum Gasteiger partial charge on any atom is 0.159 e. The van der Waals surface area contributed by atoms with Gasteiger partial charge in [-0.25, -0.2) is 8.78 Å². The van der Waals surface area contributed by atoms with Crippen LogP contribution in [0, 0.1) is 18.6 Å². The smallest absolute Gasteiger partial charge is 0.159 e. The summed E-state index contributed by atoms with van der Waals surface area (Å²) in [5.41, 5.74) is 7.79. The Hall–Kier alpha value is -1.39. The van der Waals surface area contributed by atoms with Gasteiger partial charge in [0.1, 0.15) is 0 Å². The number of thioether (sulfide) groups is 1. The van der Waals surface area contributed by atoms with E-state index in [0.717, 1.165) is 17.0 Å². The number of hydrogen-bond acceptors (Lipinski definition) is 2. The Morgan fingerprint density at radius 1 is 1.11 bits per heavy atom. The topological polar surface area (TPSA) is 26.0 Å². The summed E-state index contributed by atoms with van der Waals surface area (Å²) in [5, 5.41) is 0. The maximum atomic E-state index is 13.1. The molecule has 2 rings (SSSR count). The quantitative estimate of drug-likeness (QED) is 0.854. The van der Waals surface area contributed by atoms with Gasteiger partial charge in [-0.2, -0.15) is 0 Å². The van der Waals surface area contributed by atoms with Crippen LogP contribution in [0.5, 0.6) is 0 Å². The number of halogens is 2. The third-order valence-electron chi connectivity index (χ3n) is 2.79. The molecule has 0 heterocycles. The molecule has 2 N–H and O–H groups in total. The first-order valence-corrected chi connectivity index (χ1v) is 6.95. The van der Waals surface area contributed by atoms with Crippen LogP contribution < -0.4 is 5.73 Å². The lowest BCUT2D eigenvalue weighted by Gasteiger charge is -2.12. The summed E-state index contributed by atoms with van der Waals surface area (Å²) >= 11 is 1.61. The molecule has 0 fully saturated rings. The van der Waals surface area contributed by atoms with Crippen molar-refractivity contribution in [2.45, 2.75) is 17.9 Å². The molecule has 0 aliphatic rings. The van der Waals surface area contributed by atoms with E-state index in [1.54, 1.807) is 11.8 Å². The molecule has 0 aromatic heterocycles. The van der Waals surface area contributed by atoms with Crippen LogP contribution in [0.4, 0.5) is 8.78 Å². The summed E-state index contributed by atoms with van der Waals surface area (Å²) in [6.45, 7) is 2.03. The molecular weight excluding hydrogens is 264 g/mol. The van der Waals surface area contributed by atoms with Crippen LogP contribution in [0.15, 0.2) is 47.4 Å². The Morgan fingerprint density at radius 3 is 2.58 bits per heavy atom. The van der Waals surface area contributed by atoms with Gasteiger partial charge in [-0.1, -0.05) is 23.8 Å². The Labute approximate surface area is 115 Å². The van der Waals surface area contributed by atoms with Crippen molar-refractivity contribution in [1.82, 2.24) is 0 Å². The molecule has 0 amide bonds. The highest BCUT2D eigenvalue weighted by Gasteiger charge is 2.10. The number of rotatable bonds is 4. The van der Waals surface area contributed by atoms with Gasteiger partial charge in [0.05, 0.1) is 0 Å². The minimum Gasteiger partial charge on any atom is -0.323 e. The molecule has 2 aromatic carbocycles. The summed E-state index contributed by atoms with van der Waals surface area (Å²) < 4.78 is 26.0. The Bertz CT molecular complexity index is 572. The maximum absolute atomic E-state index is 13.1. The van der Waals surface area contributed by atoms with E-state index in [1.165, 1.54) is 11.6 Å². The van der Waals surface area contributed by atoms with Gasteiger partial charge in [0.2, 0.25) is 0 Å². The summed E-state index contributed by atoms with van der Waals surface area (Å²) in [6, 6.07) is 11.6. The second kappa shape index (κ2) is 6.17. The molecule has 0 aliphatic heterocycles. The van der Waals surface area contributed by atoms with Gasteiger partial charge < -0.3 is 5.73 Å². The van der Waals surface area contributed by atoms with Crippen molar-refractivity contribution in [3.63, 3.8) is 0 Å². The van der Waals surface area contributed by atoms with E-state index in [0.29, 0.717) is 11.3 Å². The first-order chi connectivity index (χ1) is 9.06. The number of aryl methyl sites for hydroxylation is 1. The highest BCUT2D eigenvalue weighted by atomic mass is 32.2. The lowest BCUT2D eigenvalue weighted by Crippen LogP contribution is -2.13. The second-order valence-corrected chi connectivity index (χ2v) is 5.50. The highest BCUT2D eigenvalue weighted by molar-refractivity contribution is 7.99. The molecule has 0 saturated heterocycles. The lowest BCUT2D eigenvalue weighted by molar-refractivity contribution is 0.506. The zero-order chi connectivity index (χ0) is 13.8. The molecule has 4 heteroatoms. The van der Waals surface area contributed by atoms with Gasteiger partial charge in [-0.05, 0) is 36.8 Å². The third-order valence-corrected chi connectivity index (χ3v) is 3.90. The van der Waals surface area contributed by atoms with Crippen molar-refractivity contribution in [2.24, 2.45) is 5.73 Å². The summed E-state index contributed by atoms with van der Waals surface area (Å²) in [6.07, 6.45) is 0. The van der Waals surface area contributed by atoms with Crippen LogP contribution in [0.2, 0.25) is 0 Å². The van der Waals surface area contributed by atoms with Gasteiger partial charge in [0, 0.05) is 16.7 Å². The number of nitrogens with two attached hydrogens (primary N) is 1. The summed E-state index contributed by atoms with van der Waals surface area (Å²) in [5.74, 6) is -1.08. The van der Waals surface area contributed by atoms with Gasteiger partial charge in [-0.3, -0.25) is 0 Å². The van der Waals surface area contributed by atoms with Gasteiger partial charge >= 0.3 is 0 Å². The first-order valence-electron chi connectivity index (χ1n) is 5.96. The SMILES string of the molecule is Cc1cccc(SCC(N)c2ccc(F)c(F)c2)c1. The zero-order valence-corrected chi connectivity index (χ0v) is 11.4. The Balaban J connectivity index is 2.01. The normalized spacial score (nSPS) is 12.4. The molecule has 0 bridgehead atoms. The molecular formula is C15H15F2NS. The molecule has 0 spiro atoms. The van der Waals surface area contributed by atoms with Crippen LogP contribution in [-0.2, 0) is 0 Å². The molecule has 1 unspecified atom stereocenters. The van der Waals surface area contributed by atoms with Crippen LogP contribution in [0.25, 0.3) is 0 Å². The molecule has 1 atom stereocenters. The summed E-state index contributed by atoms with van der Waals surface area (Å²) in [7, 11) is 0. The van der Waals surface area contributed by atoms with Crippen molar-refractivity contribution in [3.05, 3.63) is 65.2 Å². The fraction of sp³-hybridized carbons (Fsp3) is 0.200. The van der Waals surface area contributed by atoms with Crippen molar-refractivity contribution >= 4 is 11.8 Å². The lowest BCUT2D eigenvalue weighted by atomic mass is 10.1. The van der Waals surface area contributed by atoms with Crippen LogP contribution in [-0.4, -0.2) is 5.75 Å². The van der Waals surface area contributed by atoms with Crippen LogP contribution in [0.3, 0.4) is 0 Å². The van der Waals surface area contributed by atoms with Gasteiger partial charge in [-0.15, -0.1) is 11.8 Å². The van der Waals surface area contributed by atoms with E-state index in [1.807, 2.05) is 25.1 Å². The fourth-order valence-corrected chi connectivity index (χ4v) is 2.74. The van der Waals surface area contributed by atoms with Crippen LogP contribution >= 0.6 is 11.8 Å². The van der Waals surface area contributed by atoms with Crippen molar-refractivity contribution in [3.8, 4) is 0 Å². The largest absolute Gasteiger partial charge is 0.323 e. The van der Waals surface area contributed by atoms with E-state index in [4.69, 9.17) is 5.73 Å². The van der Waals surface area contributed by atoms with E-state index < -0.39 is 11.6 Å². The van der Waals surface area contributed by atoms with Gasteiger partial charge in [0.15, 0.2) is 11.6 Å². The van der Waals surface area contributed by atoms with Crippen molar-refractivity contribution in [2.75, 3.05) is 5.75 Å². The van der Waals surface area contributed by atoms with E-state index >= 15 is 0 Å². The Kier molecular flexibility index (Phi) is 4.56. The minimum atomic E-state index is -0.853. The molecule has 0 radical (unpaired) electrons. The van der Waals surface area contributed by atoms with Crippen LogP contribution in [0.1, 0.15) is 17.2 Å². The third kappa shape index (κ3) is 3.78. The molecule has 19 heavy (non-hydrogen) atoms. The van der Waals surface area contributed by atoms with Crippen molar-refractivity contribution < 1.29 is 8.78 Å². The predicted octanol–water partition coefficient (Wildman–Crippen LogP) is 4.07. The molecule has 0 aliphatic carbocycles. The van der Waals surface area contributed by atoms with E-state index in [9.17, 15) is 8.78 Å². The van der Waals surface area contributed by atoms with Crippen molar-refractivity contribution in [1.29, 1.82) is 0 Å². The number of benzene rings is 2. The molecule has 0 saturated carbocycles. The Morgan fingerprint density at radius 2 is 1.89 bits per heavy atom. The van der Waals surface area contributed by atoms with E-state index in [2.05, 4.69) is 6.07 Å². The fourth-order valence-electron chi connectivity index (χ4n) is 1.73. The molecule has 100 valence electrons. The first kappa shape index (κ1) is 14.0. The monoisotopic (exact) mass is 279 g/mol.